The Balaban J connectivity index is 1.96. The molecule has 2 saturated heterocycles. The third-order valence-electron chi connectivity index (χ3n) is 4.77. The van der Waals surface area contributed by atoms with Gasteiger partial charge in [-0.2, -0.15) is 0 Å². The highest BCUT2D eigenvalue weighted by Crippen LogP contribution is 2.34. The van der Waals surface area contributed by atoms with Crippen molar-refractivity contribution in [3.8, 4) is 0 Å². The summed E-state index contributed by atoms with van der Waals surface area (Å²) in [6.07, 6.45) is 5.23. The van der Waals surface area contributed by atoms with Crippen LogP contribution in [0.2, 0.25) is 0 Å². The minimum absolute atomic E-state index is 0.565. The SMILES string of the molecule is CCC1COCCN1CC1(CC)CCNCC1. The summed E-state index contributed by atoms with van der Waals surface area (Å²) in [5.41, 5.74) is 0.565. The van der Waals surface area contributed by atoms with Crippen molar-refractivity contribution in [2.24, 2.45) is 5.41 Å². The Labute approximate surface area is 106 Å². The summed E-state index contributed by atoms with van der Waals surface area (Å²) < 4.78 is 5.60. The molecule has 2 fully saturated rings. The Morgan fingerprint density at radius 2 is 2.06 bits per heavy atom. The van der Waals surface area contributed by atoms with Crippen LogP contribution in [0.3, 0.4) is 0 Å². The highest BCUT2D eigenvalue weighted by atomic mass is 16.5. The van der Waals surface area contributed by atoms with Gasteiger partial charge in [0.25, 0.3) is 0 Å². The standard InChI is InChI=1S/C14H28N2O/c1-3-13-11-17-10-9-16(13)12-14(4-2)5-7-15-8-6-14/h13,15H,3-12H2,1-2H3. The lowest BCUT2D eigenvalue weighted by Gasteiger charge is -2.45. The quantitative estimate of drug-likeness (QED) is 0.812. The second-order valence-electron chi connectivity index (χ2n) is 5.71. The second-order valence-corrected chi connectivity index (χ2v) is 5.71. The molecule has 0 bridgehead atoms. The van der Waals surface area contributed by atoms with E-state index in [1.165, 1.54) is 45.3 Å². The molecule has 0 aromatic heterocycles. The average Bonchev–Trinajstić information content (AvgIpc) is 2.40. The van der Waals surface area contributed by atoms with Crippen LogP contribution >= 0.6 is 0 Å². The van der Waals surface area contributed by atoms with Gasteiger partial charge in [-0.1, -0.05) is 13.8 Å². The van der Waals surface area contributed by atoms with Crippen LogP contribution in [0.1, 0.15) is 39.5 Å². The molecular weight excluding hydrogens is 212 g/mol. The van der Waals surface area contributed by atoms with E-state index in [2.05, 4.69) is 24.1 Å². The first-order chi connectivity index (χ1) is 8.29. The summed E-state index contributed by atoms with van der Waals surface area (Å²) >= 11 is 0. The van der Waals surface area contributed by atoms with Crippen LogP contribution in [0, 0.1) is 5.41 Å². The Kier molecular flexibility index (Phi) is 4.83. The predicted octanol–water partition coefficient (Wildman–Crippen LogP) is 1.88. The second kappa shape index (κ2) is 6.17. The molecule has 0 aromatic carbocycles. The molecule has 0 saturated carbocycles. The van der Waals surface area contributed by atoms with Gasteiger partial charge in [0.2, 0.25) is 0 Å². The van der Waals surface area contributed by atoms with Crippen LogP contribution in [0.25, 0.3) is 0 Å². The number of morpholine rings is 1. The third-order valence-corrected chi connectivity index (χ3v) is 4.77. The predicted molar refractivity (Wildman–Crippen MR) is 71.3 cm³/mol. The maximum atomic E-state index is 5.60. The van der Waals surface area contributed by atoms with Gasteiger partial charge in [-0.05, 0) is 44.2 Å². The molecule has 1 unspecified atom stereocenters. The number of nitrogens with one attached hydrogen (secondary N) is 1. The van der Waals surface area contributed by atoms with E-state index in [1.807, 2.05) is 0 Å². The third kappa shape index (κ3) is 3.21. The lowest BCUT2D eigenvalue weighted by Crippen LogP contribution is -2.52. The minimum atomic E-state index is 0.565. The fraction of sp³-hybridized carbons (Fsp3) is 1.00. The van der Waals surface area contributed by atoms with Gasteiger partial charge in [-0.15, -0.1) is 0 Å². The van der Waals surface area contributed by atoms with Gasteiger partial charge in [0.1, 0.15) is 0 Å². The molecular formula is C14H28N2O. The van der Waals surface area contributed by atoms with Gasteiger partial charge in [0.05, 0.1) is 13.2 Å². The summed E-state index contributed by atoms with van der Waals surface area (Å²) in [4.78, 5) is 2.69. The Hall–Kier alpha value is -0.120. The molecule has 17 heavy (non-hydrogen) atoms. The molecule has 0 radical (unpaired) electrons. The van der Waals surface area contributed by atoms with Gasteiger partial charge >= 0.3 is 0 Å². The molecule has 2 heterocycles. The number of hydrogen-bond donors (Lipinski definition) is 1. The summed E-state index contributed by atoms with van der Waals surface area (Å²) in [6, 6.07) is 0.655. The van der Waals surface area contributed by atoms with Crippen molar-refractivity contribution in [2.75, 3.05) is 39.4 Å². The van der Waals surface area contributed by atoms with E-state index in [-0.39, 0.29) is 0 Å². The molecule has 1 N–H and O–H groups in total. The molecule has 3 nitrogen and oxygen atoms in total. The maximum absolute atomic E-state index is 5.60. The van der Waals surface area contributed by atoms with Crippen molar-refractivity contribution in [1.82, 2.24) is 10.2 Å². The van der Waals surface area contributed by atoms with Crippen molar-refractivity contribution < 1.29 is 4.74 Å². The first-order valence-electron chi connectivity index (χ1n) is 7.32. The van der Waals surface area contributed by atoms with Gasteiger partial charge < -0.3 is 10.1 Å². The molecule has 0 amide bonds. The highest BCUT2D eigenvalue weighted by Gasteiger charge is 2.34. The van der Waals surface area contributed by atoms with Crippen molar-refractivity contribution in [1.29, 1.82) is 0 Å². The monoisotopic (exact) mass is 240 g/mol. The first-order valence-corrected chi connectivity index (χ1v) is 7.32. The molecule has 0 spiro atoms. The smallest absolute Gasteiger partial charge is 0.0622 e. The topological polar surface area (TPSA) is 24.5 Å². The zero-order valence-electron chi connectivity index (χ0n) is 11.5. The van der Waals surface area contributed by atoms with E-state index in [9.17, 15) is 0 Å². The highest BCUT2D eigenvalue weighted by molar-refractivity contribution is 4.89. The van der Waals surface area contributed by atoms with E-state index in [0.717, 1.165) is 19.8 Å². The molecule has 0 aliphatic carbocycles. The molecule has 3 heteroatoms. The molecule has 2 aliphatic heterocycles. The molecule has 100 valence electrons. The van der Waals surface area contributed by atoms with E-state index < -0.39 is 0 Å². The van der Waals surface area contributed by atoms with Gasteiger partial charge in [-0.3, -0.25) is 4.90 Å². The average molecular weight is 240 g/mol. The van der Waals surface area contributed by atoms with Gasteiger partial charge in [0, 0.05) is 19.1 Å². The van der Waals surface area contributed by atoms with E-state index in [0.29, 0.717) is 11.5 Å². The van der Waals surface area contributed by atoms with Gasteiger partial charge in [0.15, 0.2) is 0 Å². The zero-order chi connectivity index (χ0) is 12.1. The Morgan fingerprint density at radius 1 is 1.29 bits per heavy atom. The molecule has 0 aromatic rings. The summed E-state index contributed by atoms with van der Waals surface area (Å²) in [7, 11) is 0. The number of rotatable bonds is 4. The van der Waals surface area contributed by atoms with Crippen LogP contribution < -0.4 is 5.32 Å². The lowest BCUT2D eigenvalue weighted by atomic mass is 9.76. The zero-order valence-corrected chi connectivity index (χ0v) is 11.5. The first kappa shape index (κ1) is 13.3. The van der Waals surface area contributed by atoms with Crippen molar-refractivity contribution in [2.45, 2.75) is 45.6 Å². The maximum Gasteiger partial charge on any atom is 0.0622 e. The minimum Gasteiger partial charge on any atom is -0.378 e. The normalized spacial score (nSPS) is 30.4. The number of nitrogens with zero attached hydrogens (tertiary/aromatic N) is 1. The molecule has 2 aliphatic rings. The number of ether oxygens (including phenoxy) is 1. The van der Waals surface area contributed by atoms with Crippen LogP contribution in [-0.4, -0.2) is 50.3 Å². The fourth-order valence-electron chi connectivity index (χ4n) is 3.28. The van der Waals surface area contributed by atoms with Crippen LogP contribution in [0.15, 0.2) is 0 Å². The van der Waals surface area contributed by atoms with Crippen molar-refractivity contribution in [3.63, 3.8) is 0 Å². The molecule has 2 rings (SSSR count). The van der Waals surface area contributed by atoms with Crippen molar-refractivity contribution >= 4 is 0 Å². The van der Waals surface area contributed by atoms with E-state index in [4.69, 9.17) is 4.74 Å². The number of hydrogen-bond acceptors (Lipinski definition) is 3. The summed E-state index contributed by atoms with van der Waals surface area (Å²) in [5.74, 6) is 0. The van der Waals surface area contributed by atoms with Crippen LogP contribution in [-0.2, 0) is 4.74 Å². The van der Waals surface area contributed by atoms with E-state index in [1.54, 1.807) is 0 Å². The Bertz CT molecular complexity index is 226. The summed E-state index contributed by atoms with van der Waals surface area (Å²) in [5, 5.41) is 3.49. The van der Waals surface area contributed by atoms with Crippen LogP contribution in [0.4, 0.5) is 0 Å². The van der Waals surface area contributed by atoms with E-state index >= 15 is 0 Å². The van der Waals surface area contributed by atoms with Gasteiger partial charge in [-0.25, -0.2) is 0 Å². The number of piperidine rings is 1. The van der Waals surface area contributed by atoms with Crippen molar-refractivity contribution in [3.05, 3.63) is 0 Å². The Morgan fingerprint density at radius 3 is 2.71 bits per heavy atom. The van der Waals surface area contributed by atoms with Crippen LogP contribution in [0.5, 0.6) is 0 Å². The largest absolute Gasteiger partial charge is 0.378 e. The molecule has 1 atom stereocenters. The summed E-state index contributed by atoms with van der Waals surface area (Å²) in [6.45, 7) is 11.3. The lowest BCUT2D eigenvalue weighted by molar-refractivity contribution is -0.0339. The fourth-order valence-corrected chi connectivity index (χ4v) is 3.28.